The van der Waals surface area contributed by atoms with Gasteiger partial charge in [-0.25, -0.2) is 9.78 Å². The van der Waals surface area contributed by atoms with Crippen LogP contribution in [-0.4, -0.2) is 17.1 Å². The normalized spacial score (nSPS) is 16.2. The molecule has 1 saturated carbocycles. The number of hydrogen-bond donors (Lipinski definition) is 0. The minimum Gasteiger partial charge on any atom is -0.462 e. The number of ether oxygens (including phenoxy) is 1. The third-order valence-corrected chi connectivity index (χ3v) is 4.53. The van der Waals surface area contributed by atoms with Gasteiger partial charge in [0.2, 0.25) is 0 Å². The van der Waals surface area contributed by atoms with Crippen molar-refractivity contribution < 1.29 is 13.9 Å². The lowest BCUT2D eigenvalue weighted by atomic mass is 9.98. The number of aryl methyl sites for hydroxylation is 1. The molecule has 0 bridgehead atoms. The minimum absolute atomic E-state index is 0.0596. The second-order valence-electron chi connectivity index (χ2n) is 5.07. The van der Waals surface area contributed by atoms with Gasteiger partial charge in [0.25, 0.3) is 0 Å². The smallest absolute Gasteiger partial charge is 0.358 e. The standard InChI is InChI=1S/C15H17NO3S/c1-10-13(15(17)19-11-6-3-2-4-7-11)16-14(20-10)12-8-5-9-18-12/h5,8-9,11H,2-4,6-7H2,1H3. The van der Waals surface area contributed by atoms with Gasteiger partial charge in [0.15, 0.2) is 16.5 Å². The van der Waals surface area contributed by atoms with E-state index in [2.05, 4.69) is 4.98 Å². The Kier molecular flexibility index (Phi) is 3.87. The Morgan fingerprint density at radius 2 is 2.20 bits per heavy atom. The van der Waals surface area contributed by atoms with E-state index >= 15 is 0 Å². The van der Waals surface area contributed by atoms with Crippen molar-refractivity contribution in [1.29, 1.82) is 0 Å². The van der Waals surface area contributed by atoms with Crippen LogP contribution in [0.25, 0.3) is 10.8 Å². The van der Waals surface area contributed by atoms with E-state index < -0.39 is 0 Å². The zero-order valence-electron chi connectivity index (χ0n) is 11.4. The van der Waals surface area contributed by atoms with Crippen molar-refractivity contribution in [3.8, 4) is 10.8 Å². The van der Waals surface area contributed by atoms with Gasteiger partial charge in [-0.15, -0.1) is 11.3 Å². The zero-order chi connectivity index (χ0) is 13.9. The van der Waals surface area contributed by atoms with Crippen LogP contribution in [0.2, 0.25) is 0 Å². The van der Waals surface area contributed by atoms with Crippen LogP contribution in [0.15, 0.2) is 22.8 Å². The fourth-order valence-electron chi connectivity index (χ4n) is 2.48. The molecule has 5 heteroatoms. The van der Waals surface area contributed by atoms with Gasteiger partial charge in [0.05, 0.1) is 6.26 Å². The lowest BCUT2D eigenvalue weighted by Crippen LogP contribution is -2.21. The van der Waals surface area contributed by atoms with E-state index in [0.29, 0.717) is 11.5 Å². The zero-order valence-corrected chi connectivity index (χ0v) is 12.2. The summed E-state index contributed by atoms with van der Waals surface area (Å²) < 4.78 is 10.9. The first-order valence-corrected chi connectivity index (χ1v) is 7.78. The van der Waals surface area contributed by atoms with Crippen molar-refractivity contribution in [1.82, 2.24) is 4.98 Å². The molecule has 3 rings (SSSR count). The summed E-state index contributed by atoms with van der Waals surface area (Å²) >= 11 is 1.46. The van der Waals surface area contributed by atoms with Gasteiger partial charge >= 0.3 is 5.97 Å². The van der Waals surface area contributed by atoms with Crippen LogP contribution in [0.5, 0.6) is 0 Å². The summed E-state index contributed by atoms with van der Waals surface area (Å²) in [7, 11) is 0. The topological polar surface area (TPSA) is 52.3 Å². The highest BCUT2D eigenvalue weighted by atomic mass is 32.1. The highest BCUT2D eigenvalue weighted by Gasteiger charge is 2.23. The van der Waals surface area contributed by atoms with E-state index in [0.717, 1.165) is 35.6 Å². The van der Waals surface area contributed by atoms with E-state index in [4.69, 9.17) is 9.15 Å². The number of aromatic nitrogens is 1. The quantitative estimate of drug-likeness (QED) is 0.795. The van der Waals surface area contributed by atoms with Gasteiger partial charge in [0.1, 0.15) is 6.10 Å². The molecule has 0 unspecified atom stereocenters. The molecule has 0 radical (unpaired) electrons. The number of esters is 1. The SMILES string of the molecule is Cc1sc(-c2ccco2)nc1C(=O)OC1CCCCC1. The maximum absolute atomic E-state index is 12.2. The minimum atomic E-state index is -0.302. The van der Waals surface area contributed by atoms with E-state index in [1.54, 1.807) is 6.26 Å². The molecule has 1 fully saturated rings. The first-order chi connectivity index (χ1) is 9.74. The highest BCUT2D eigenvalue weighted by Crippen LogP contribution is 2.29. The van der Waals surface area contributed by atoms with Crippen molar-refractivity contribution in [3.63, 3.8) is 0 Å². The van der Waals surface area contributed by atoms with Crippen molar-refractivity contribution >= 4 is 17.3 Å². The Hall–Kier alpha value is -1.62. The second-order valence-corrected chi connectivity index (χ2v) is 6.27. The van der Waals surface area contributed by atoms with Crippen molar-refractivity contribution in [2.75, 3.05) is 0 Å². The maximum atomic E-state index is 12.2. The van der Waals surface area contributed by atoms with Crippen molar-refractivity contribution in [3.05, 3.63) is 29.0 Å². The first-order valence-electron chi connectivity index (χ1n) is 6.96. The van der Waals surface area contributed by atoms with Crippen LogP contribution >= 0.6 is 11.3 Å². The highest BCUT2D eigenvalue weighted by molar-refractivity contribution is 7.15. The third kappa shape index (κ3) is 2.77. The third-order valence-electron chi connectivity index (χ3n) is 3.55. The molecule has 0 aromatic carbocycles. The lowest BCUT2D eigenvalue weighted by Gasteiger charge is -2.21. The van der Waals surface area contributed by atoms with Crippen LogP contribution in [0.1, 0.15) is 47.5 Å². The van der Waals surface area contributed by atoms with E-state index in [1.807, 2.05) is 19.1 Å². The fraction of sp³-hybridized carbons (Fsp3) is 0.467. The van der Waals surface area contributed by atoms with Gasteiger partial charge in [-0.05, 0) is 44.7 Å². The number of furan rings is 1. The molecule has 2 aromatic rings. The summed E-state index contributed by atoms with van der Waals surface area (Å²) in [5, 5.41) is 0.725. The molecule has 0 amide bonds. The molecular formula is C15H17NO3S. The molecule has 20 heavy (non-hydrogen) atoms. The summed E-state index contributed by atoms with van der Waals surface area (Å²) in [4.78, 5) is 17.4. The molecule has 4 nitrogen and oxygen atoms in total. The number of nitrogens with zero attached hydrogens (tertiary/aromatic N) is 1. The maximum Gasteiger partial charge on any atom is 0.358 e. The Labute approximate surface area is 121 Å². The molecule has 0 aliphatic heterocycles. The van der Waals surface area contributed by atoms with Crippen LogP contribution in [-0.2, 0) is 4.74 Å². The van der Waals surface area contributed by atoms with Crippen molar-refractivity contribution in [2.24, 2.45) is 0 Å². The molecule has 0 N–H and O–H groups in total. The predicted octanol–water partition coefficient (Wildman–Crippen LogP) is 4.20. The van der Waals surface area contributed by atoms with Gasteiger partial charge in [-0.3, -0.25) is 0 Å². The monoisotopic (exact) mass is 291 g/mol. The van der Waals surface area contributed by atoms with Gasteiger partial charge in [-0.2, -0.15) is 0 Å². The summed E-state index contributed by atoms with van der Waals surface area (Å²) in [5.74, 6) is 0.387. The number of carbonyl (C=O) groups excluding carboxylic acids is 1. The summed E-state index contributed by atoms with van der Waals surface area (Å²) in [5.41, 5.74) is 0.423. The summed E-state index contributed by atoms with van der Waals surface area (Å²) in [6.45, 7) is 1.89. The summed E-state index contributed by atoms with van der Waals surface area (Å²) in [6, 6.07) is 3.65. The second kappa shape index (κ2) is 5.79. The first kappa shape index (κ1) is 13.4. The summed E-state index contributed by atoms with van der Waals surface area (Å²) in [6.07, 6.45) is 7.14. The Morgan fingerprint density at radius 3 is 2.90 bits per heavy atom. The van der Waals surface area contributed by atoms with Crippen LogP contribution in [0.3, 0.4) is 0 Å². The molecule has 106 valence electrons. The number of rotatable bonds is 3. The Balaban J connectivity index is 1.74. The lowest BCUT2D eigenvalue weighted by molar-refractivity contribution is 0.0204. The molecule has 0 atom stereocenters. The number of carbonyl (C=O) groups is 1. The van der Waals surface area contributed by atoms with Crippen LogP contribution in [0.4, 0.5) is 0 Å². The number of hydrogen-bond acceptors (Lipinski definition) is 5. The molecule has 0 saturated heterocycles. The average Bonchev–Trinajstić information content (AvgIpc) is 3.08. The van der Waals surface area contributed by atoms with Gasteiger partial charge in [-0.1, -0.05) is 6.42 Å². The molecule has 2 heterocycles. The fourth-order valence-corrected chi connectivity index (χ4v) is 3.35. The van der Waals surface area contributed by atoms with Crippen LogP contribution < -0.4 is 0 Å². The van der Waals surface area contributed by atoms with Crippen molar-refractivity contribution in [2.45, 2.75) is 45.1 Å². The molecule has 1 aliphatic carbocycles. The van der Waals surface area contributed by atoms with Crippen LogP contribution in [0, 0.1) is 6.92 Å². The Bertz CT molecular complexity index is 582. The largest absolute Gasteiger partial charge is 0.462 e. The predicted molar refractivity (Wildman–Crippen MR) is 76.8 cm³/mol. The van der Waals surface area contributed by atoms with Gasteiger partial charge < -0.3 is 9.15 Å². The molecular weight excluding hydrogens is 274 g/mol. The van der Waals surface area contributed by atoms with E-state index in [-0.39, 0.29) is 12.1 Å². The average molecular weight is 291 g/mol. The van der Waals surface area contributed by atoms with E-state index in [9.17, 15) is 4.79 Å². The molecule has 0 spiro atoms. The van der Waals surface area contributed by atoms with Gasteiger partial charge in [0, 0.05) is 4.88 Å². The molecule has 2 aromatic heterocycles. The Morgan fingerprint density at radius 1 is 1.40 bits per heavy atom. The van der Waals surface area contributed by atoms with E-state index in [1.165, 1.54) is 17.8 Å². The molecule has 1 aliphatic rings. The number of thiazole rings is 1.